The van der Waals surface area contributed by atoms with E-state index in [-0.39, 0.29) is 18.4 Å². The molecule has 0 spiro atoms. The fourth-order valence-electron chi connectivity index (χ4n) is 3.50. The van der Waals surface area contributed by atoms with Gasteiger partial charge in [-0.15, -0.1) is 11.3 Å². The van der Waals surface area contributed by atoms with Crippen molar-refractivity contribution in [2.24, 2.45) is 11.8 Å². The molecule has 0 radical (unpaired) electrons. The van der Waals surface area contributed by atoms with E-state index in [1.807, 2.05) is 17.2 Å². The molecular weight excluding hydrogens is 312 g/mol. The molecule has 0 unspecified atom stereocenters. The third-order valence-corrected chi connectivity index (χ3v) is 5.80. The molecule has 0 aliphatic carbocycles. The summed E-state index contributed by atoms with van der Waals surface area (Å²) in [7, 11) is 2.15. The molecule has 2 saturated heterocycles. The highest BCUT2D eigenvalue weighted by atomic mass is 32.1. The van der Waals surface area contributed by atoms with E-state index in [9.17, 15) is 9.90 Å². The molecule has 2 atom stereocenters. The summed E-state index contributed by atoms with van der Waals surface area (Å²) in [5.74, 6) is 0.541. The average Bonchev–Trinajstić information content (AvgIpc) is 3.15. The van der Waals surface area contributed by atoms with Crippen LogP contribution >= 0.6 is 11.3 Å². The van der Waals surface area contributed by atoms with E-state index in [1.54, 1.807) is 0 Å². The summed E-state index contributed by atoms with van der Waals surface area (Å²) in [6.07, 6.45) is 0. The second-order valence-corrected chi connectivity index (χ2v) is 7.83. The van der Waals surface area contributed by atoms with E-state index >= 15 is 0 Å². The van der Waals surface area contributed by atoms with Crippen LogP contribution in [0.15, 0.2) is 5.38 Å². The summed E-state index contributed by atoms with van der Waals surface area (Å²) >= 11 is 1.51. The van der Waals surface area contributed by atoms with Gasteiger partial charge in [0.1, 0.15) is 5.69 Å². The normalized spacial score (nSPS) is 26.8. The Labute approximate surface area is 141 Å². The highest BCUT2D eigenvalue weighted by Crippen LogP contribution is 2.26. The minimum absolute atomic E-state index is 0.00803. The van der Waals surface area contributed by atoms with E-state index in [4.69, 9.17) is 0 Å². The van der Waals surface area contributed by atoms with Crippen molar-refractivity contribution in [1.29, 1.82) is 0 Å². The summed E-state index contributed by atoms with van der Waals surface area (Å²) in [5, 5.41) is 12.5. The van der Waals surface area contributed by atoms with Crippen molar-refractivity contribution in [2.75, 3.05) is 59.5 Å². The molecule has 3 heterocycles. The number of aromatic nitrogens is 1. The Bertz CT molecular complexity index is 542. The van der Waals surface area contributed by atoms with Crippen LogP contribution in [-0.4, -0.2) is 90.2 Å². The number of carbonyl (C=O) groups is 1. The number of likely N-dealkylation sites (N-methyl/N-ethyl adjacent to an activating group) is 1. The molecule has 23 heavy (non-hydrogen) atoms. The van der Waals surface area contributed by atoms with Crippen LogP contribution < -0.4 is 0 Å². The van der Waals surface area contributed by atoms with Gasteiger partial charge in [-0.3, -0.25) is 4.79 Å². The fraction of sp³-hybridized carbons (Fsp3) is 0.750. The highest BCUT2D eigenvalue weighted by Gasteiger charge is 2.36. The van der Waals surface area contributed by atoms with Gasteiger partial charge in [0, 0.05) is 63.7 Å². The molecule has 2 fully saturated rings. The van der Waals surface area contributed by atoms with Crippen molar-refractivity contribution >= 4 is 17.2 Å². The first-order chi connectivity index (χ1) is 11.1. The topological polar surface area (TPSA) is 59.9 Å². The van der Waals surface area contributed by atoms with Crippen LogP contribution in [0, 0.1) is 18.8 Å². The van der Waals surface area contributed by atoms with Gasteiger partial charge in [0.25, 0.3) is 5.91 Å². The first kappa shape index (κ1) is 16.8. The van der Waals surface area contributed by atoms with Crippen molar-refractivity contribution < 1.29 is 9.90 Å². The van der Waals surface area contributed by atoms with Crippen molar-refractivity contribution in [2.45, 2.75) is 6.92 Å². The zero-order valence-electron chi connectivity index (χ0n) is 13.9. The summed E-state index contributed by atoms with van der Waals surface area (Å²) in [6, 6.07) is 0. The maximum Gasteiger partial charge on any atom is 0.273 e. The quantitative estimate of drug-likeness (QED) is 0.860. The Hall–Kier alpha value is -1.02. The summed E-state index contributed by atoms with van der Waals surface area (Å²) in [5.41, 5.74) is 0.546. The van der Waals surface area contributed by atoms with E-state index in [2.05, 4.69) is 21.8 Å². The third kappa shape index (κ3) is 3.91. The number of thiazole rings is 1. The largest absolute Gasteiger partial charge is 0.396 e. The van der Waals surface area contributed by atoms with Gasteiger partial charge in [0.05, 0.1) is 5.01 Å². The second-order valence-electron chi connectivity index (χ2n) is 6.77. The molecule has 1 aromatic heterocycles. The van der Waals surface area contributed by atoms with Crippen LogP contribution in [0.4, 0.5) is 0 Å². The number of rotatable bonds is 4. The van der Waals surface area contributed by atoms with Crippen molar-refractivity contribution in [3.05, 3.63) is 16.1 Å². The molecule has 6 nitrogen and oxygen atoms in total. The number of likely N-dealkylation sites (tertiary alicyclic amines) is 1. The maximum atomic E-state index is 12.6. The van der Waals surface area contributed by atoms with E-state index < -0.39 is 0 Å². The number of hydrogen-bond acceptors (Lipinski definition) is 6. The molecule has 1 aromatic rings. The molecule has 7 heteroatoms. The zero-order valence-corrected chi connectivity index (χ0v) is 14.8. The van der Waals surface area contributed by atoms with Crippen molar-refractivity contribution in [1.82, 2.24) is 19.7 Å². The lowest BCUT2D eigenvalue weighted by Gasteiger charge is -2.34. The molecular formula is C16H26N4O2S. The Balaban J connectivity index is 1.60. The molecule has 3 rings (SSSR count). The van der Waals surface area contributed by atoms with Crippen molar-refractivity contribution in [3.8, 4) is 0 Å². The van der Waals surface area contributed by atoms with Gasteiger partial charge >= 0.3 is 0 Å². The predicted octanol–water partition coefficient (Wildman–Crippen LogP) is 0.379. The van der Waals surface area contributed by atoms with Gasteiger partial charge in [-0.05, 0) is 19.9 Å². The SMILES string of the molecule is Cc1nc(C(=O)N2C[C@@H](CN3CCN(C)CC3)[C@@H](CO)C2)cs1. The molecule has 2 aliphatic rings. The second kappa shape index (κ2) is 7.25. The van der Waals surface area contributed by atoms with E-state index in [1.165, 1.54) is 11.3 Å². The van der Waals surface area contributed by atoms with Crippen LogP contribution in [0.1, 0.15) is 15.5 Å². The first-order valence-corrected chi connectivity index (χ1v) is 9.18. The zero-order chi connectivity index (χ0) is 16.4. The number of piperazine rings is 1. The van der Waals surface area contributed by atoms with Crippen LogP contribution in [0.5, 0.6) is 0 Å². The minimum Gasteiger partial charge on any atom is -0.396 e. The number of carbonyl (C=O) groups excluding carboxylic acids is 1. The van der Waals surface area contributed by atoms with Crippen LogP contribution in [0.3, 0.4) is 0 Å². The molecule has 0 saturated carbocycles. The van der Waals surface area contributed by atoms with Gasteiger partial charge in [-0.25, -0.2) is 4.98 Å². The first-order valence-electron chi connectivity index (χ1n) is 8.30. The average molecular weight is 338 g/mol. The highest BCUT2D eigenvalue weighted by molar-refractivity contribution is 7.09. The van der Waals surface area contributed by atoms with Gasteiger partial charge in [0.2, 0.25) is 0 Å². The smallest absolute Gasteiger partial charge is 0.273 e. The van der Waals surface area contributed by atoms with Crippen molar-refractivity contribution in [3.63, 3.8) is 0 Å². The van der Waals surface area contributed by atoms with Gasteiger partial charge < -0.3 is 19.8 Å². The van der Waals surface area contributed by atoms with Crippen LogP contribution in [-0.2, 0) is 0 Å². The molecule has 1 N–H and O–H groups in total. The molecule has 0 bridgehead atoms. The number of hydrogen-bond donors (Lipinski definition) is 1. The van der Waals surface area contributed by atoms with E-state index in [0.717, 1.165) is 44.3 Å². The molecule has 1 amide bonds. The number of amides is 1. The Morgan fingerprint density at radius 1 is 1.30 bits per heavy atom. The van der Waals surface area contributed by atoms with Crippen LogP contribution in [0.25, 0.3) is 0 Å². The van der Waals surface area contributed by atoms with Gasteiger partial charge in [0.15, 0.2) is 0 Å². The van der Waals surface area contributed by atoms with Crippen LogP contribution in [0.2, 0.25) is 0 Å². The predicted molar refractivity (Wildman–Crippen MR) is 90.8 cm³/mol. The Morgan fingerprint density at radius 3 is 2.61 bits per heavy atom. The minimum atomic E-state index is 0.00803. The summed E-state index contributed by atoms with van der Waals surface area (Å²) in [6.45, 7) is 8.75. The fourth-order valence-corrected chi connectivity index (χ4v) is 4.09. The van der Waals surface area contributed by atoms with E-state index in [0.29, 0.717) is 18.2 Å². The lowest BCUT2D eigenvalue weighted by Crippen LogP contribution is -2.47. The Morgan fingerprint density at radius 2 is 2.00 bits per heavy atom. The number of aryl methyl sites for hydroxylation is 1. The number of aliphatic hydroxyl groups is 1. The molecule has 2 aliphatic heterocycles. The molecule has 0 aromatic carbocycles. The van der Waals surface area contributed by atoms with Gasteiger partial charge in [-0.1, -0.05) is 0 Å². The molecule has 128 valence electrons. The third-order valence-electron chi connectivity index (χ3n) is 5.02. The lowest BCUT2D eigenvalue weighted by molar-refractivity contribution is 0.0772. The summed E-state index contributed by atoms with van der Waals surface area (Å²) in [4.78, 5) is 23.6. The lowest BCUT2D eigenvalue weighted by atomic mass is 9.96. The summed E-state index contributed by atoms with van der Waals surface area (Å²) < 4.78 is 0. The maximum absolute atomic E-state index is 12.6. The Kier molecular flexibility index (Phi) is 5.31. The standard InChI is InChI=1S/C16H26N4O2S/c1-12-17-15(11-23-12)16(22)20-8-13(14(9-20)10-21)7-19-5-3-18(2)4-6-19/h11,13-14,21H,3-10H2,1-2H3/t13-,14-/m1/s1. The monoisotopic (exact) mass is 338 g/mol. The number of nitrogens with zero attached hydrogens (tertiary/aromatic N) is 4. The van der Waals surface area contributed by atoms with Gasteiger partial charge in [-0.2, -0.15) is 0 Å². The number of aliphatic hydroxyl groups excluding tert-OH is 1.